The van der Waals surface area contributed by atoms with Crippen LogP contribution in [0.3, 0.4) is 0 Å². The zero-order valence-electron chi connectivity index (χ0n) is 25.9. The van der Waals surface area contributed by atoms with Crippen molar-refractivity contribution in [2.45, 2.75) is 57.9 Å². The molecular formula is C34H41N3O5S. The maximum absolute atomic E-state index is 13.8. The van der Waals surface area contributed by atoms with Gasteiger partial charge in [-0.2, -0.15) is 4.31 Å². The minimum Gasteiger partial charge on any atom is -0.497 e. The molecule has 43 heavy (non-hydrogen) atoms. The molecule has 2 aliphatic rings. The van der Waals surface area contributed by atoms with Gasteiger partial charge in [0.15, 0.2) is 0 Å². The molecule has 0 aromatic heterocycles. The number of benzene rings is 3. The first-order valence-corrected chi connectivity index (χ1v) is 16.3. The minimum atomic E-state index is -3.77. The Morgan fingerprint density at radius 2 is 1.30 bits per heavy atom. The maximum atomic E-state index is 13.8. The zero-order valence-corrected chi connectivity index (χ0v) is 26.7. The van der Waals surface area contributed by atoms with Crippen molar-refractivity contribution in [3.8, 4) is 5.75 Å². The molecule has 8 nitrogen and oxygen atoms in total. The monoisotopic (exact) mass is 603 g/mol. The van der Waals surface area contributed by atoms with E-state index >= 15 is 0 Å². The predicted octanol–water partition coefficient (Wildman–Crippen LogP) is 4.83. The Hall–Kier alpha value is -3.69. The molecule has 2 unspecified atom stereocenters. The number of nitrogens with zero attached hydrogens (tertiary/aromatic N) is 3. The molecule has 0 bridgehead atoms. The Kier molecular flexibility index (Phi) is 8.68. The van der Waals surface area contributed by atoms with Crippen molar-refractivity contribution in [2.24, 2.45) is 0 Å². The largest absolute Gasteiger partial charge is 0.497 e. The summed E-state index contributed by atoms with van der Waals surface area (Å²) in [5.74, 6) is -0.427. The van der Waals surface area contributed by atoms with E-state index in [-0.39, 0.29) is 38.1 Å². The number of ether oxygens (including phenoxy) is 1. The minimum absolute atomic E-state index is 0.0277. The van der Waals surface area contributed by atoms with Crippen LogP contribution in [-0.4, -0.2) is 74.2 Å². The van der Waals surface area contributed by atoms with Crippen LogP contribution in [0, 0.1) is 34.6 Å². The van der Waals surface area contributed by atoms with E-state index in [1.807, 2.05) is 77.1 Å². The van der Waals surface area contributed by atoms with E-state index < -0.39 is 21.8 Å². The van der Waals surface area contributed by atoms with Gasteiger partial charge in [-0.15, -0.1) is 0 Å². The average molecular weight is 604 g/mol. The van der Waals surface area contributed by atoms with Gasteiger partial charge in [0.25, 0.3) is 0 Å². The summed E-state index contributed by atoms with van der Waals surface area (Å²) in [7, 11) is -2.16. The van der Waals surface area contributed by atoms with E-state index in [0.29, 0.717) is 17.2 Å². The Morgan fingerprint density at radius 3 is 1.91 bits per heavy atom. The van der Waals surface area contributed by atoms with Crippen LogP contribution in [0.1, 0.15) is 57.3 Å². The predicted molar refractivity (Wildman–Crippen MR) is 167 cm³/mol. The lowest BCUT2D eigenvalue weighted by Gasteiger charge is -2.36. The molecule has 228 valence electrons. The lowest BCUT2D eigenvalue weighted by molar-refractivity contribution is -0.153. The number of carbonyl (C=O) groups excluding carboxylic acids is 2. The molecule has 2 atom stereocenters. The van der Waals surface area contributed by atoms with Gasteiger partial charge in [-0.25, -0.2) is 8.42 Å². The third kappa shape index (κ3) is 5.56. The van der Waals surface area contributed by atoms with E-state index in [2.05, 4.69) is 12.1 Å². The highest BCUT2D eigenvalue weighted by Crippen LogP contribution is 2.44. The van der Waals surface area contributed by atoms with Crippen LogP contribution in [0.2, 0.25) is 0 Å². The van der Waals surface area contributed by atoms with Gasteiger partial charge < -0.3 is 14.5 Å². The zero-order chi connectivity index (χ0) is 31.1. The molecular weight excluding hydrogens is 562 g/mol. The van der Waals surface area contributed by atoms with Crippen molar-refractivity contribution >= 4 is 21.8 Å². The molecule has 0 saturated carbocycles. The molecule has 2 amide bonds. The topological polar surface area (TPSA) is 87.2 Å². The maximum Gasteiger partial charge on any atom is 0.312 e. The SMILES string of the molecule is COc1cccc(C2C(c3ccccc3)CCN2C(=O)C(=O)N2CCN(S(=O)(=O)c3c(C)c(C)c(C)c(C)c3C)CC2)c1. The fourth-order valence-corrected chi connectivity index (χ4v) is 8.66. The molecule has 0 spiro atoms. The first kappa shape index (κ1) is 30.8. The van der Waals surface area contributed by atoms with Crippen molar-refractivity contribution < 1.29 is 22.7 Å². The Balaban J connectivity index is 1.35. The fraction of sp³-hybridized carbons (Fsp3) is 0.412. The van der Waals surface area contributed by atoms with E-state index in [1.54, 1.807) is 12.0 Å². The molecule has 0 radical (unpaired) electrons. The first-order chi connectivity index (χ1) is 20.5. The Labute approximate surface area is 255 Å². The highest BCUT2D eigenvalue weighted by molar-refractivity contribution is 7.89. The fourth-order valence-electron chi connectivity index (χ4n) is 6.68. The molecule has 2 heterocycles. The van der Waals surface area contributed by atoms with E-state index in [4.69, 9.17) is 4.74 Å². The van der Waals surface area contributed by atoms with Crippen molar-refractivity contribution in [1.82, 2.24) is 14.1 Å². The van der Waals surface area contributed by atoms with Gasteiger partial charge in [0.1, 0.15) is 5.75 Å². The van der Waals surface area contributed by atoms with Gasteiger partial charge in [-0.1, -0.05) is 42.5 Å². The summed E-state index contributed by atoms with van der Waals surface area (Å²) in [6.45, 7) is 10.7. The van der Waals surface area contributed by atoms with Gasteiger partial charge >= 0.3 is 11.8 Å². The Morgan fingerprint density at radius 1 is 0.721 bits per heavy atom. The van der Waals surface area contributed by atoms with Crippen molar-refractivity contribution in [1.29, 1.82) is 0 Å². The molecule has 5 rings (SSSR count). The Bertz CT molecular complexity index is 1620. The summed E-state index contributed by atoms with van der Waals surface area (Å²) in [5.41, 5.74) is 6.62. The summed E-state index contributed by atoms with van der Waals surface area (Å²) in [6.07, 6.45) is 0.727. The quantitative estimate of drug-likeness (QED) is 0.390. The van der Waals surface area contributed by atoms with E-state index in [1.165, 1.54) is 9.21 Å². The van der Waals surface area contributed by atoms with Crippen LogP contribution in [0.25, 0.3) is 0 Å². The number of sulfonamides is 1. The summed E-state index contributed by atoms with van der Waals surface area (Å²) < 4.78 is 34.6. The van der Waals surface area contributed by atoms with Gasteiger partial charge in [0.05, 0.1) is 18.0 Å². The lowest BCUT2D eigenvalue weighted by atomic mass is 9.87. The second-order valence-corrected chi connectivity index (χ2v) is 13.6. The van der Waals surface area contributed by atoms with Crippen LogP contribution >= 0.6 is 0 Å². The van der Waals surface area contributed by atoms with E-state index in [0.717, 1.165) is 45.4 Å². The van der Waals surface area contributed by atoms with Crippen molar-refractivity contribution in [2.75, 3.05) is 39.8 Å². The molecule has 3 aromatic rings. The van der Waals surface area contributed by atoms with Gasteiger partial charge in [-0.05, 0) is 92.1 Å². The molecule has 2 aliphatic heterocycles. The summed E-state index contributed by atoms with van der Waals surface area (Å²) >= 11 is 0. The normalized spacial score (nSPS) is 19.5. The number of piperazine rings is 1. The highest BCUT2D eigenvalue weighted by atomic mass is 32.2. The van der Waals surface area contributed by atoms with Gasteiger partial charge in [0.2, 0.25) is 10.0 Å². The smallest absolute Gasteiger partial charge is 0.312 e. The van der Waals surface area contributed by atoms with Gasteiger partial charge in [-0.3, -0.25) is 9.59 Å². The van der Waals surface area contributed by atoms with Crippen molar-refractivity contribution in [3.05, 3.63) is 93.5 Å². The number of rotatable bonds is 5. The number of hydrogen-bond donors (Lipinski definition) is 0. The third-order valence-corrected chi connectivity index (χ3v) is 11.7. The van der Waals surface area contributed by atoms with Crippen LogP contribution < -0.4 is 4.74 Å². The number of likely N-dealkylation sites (tertiary alicyclic amines) is 1. The number of amides is 2. The molecule has 2 fully saturated rings. The van der Waals surface area contributed by atoms with Crippen LogP contribution in [-0.2, 0) is 19.6 Å². The molecule has 0 aliphatic carbocycles. The van der Waals surface area contributed by atoms with Crippen molar-refractivity contribution in [3.63, 3.8) is 0 Å². The molecule has 9 heteroatoms. The van der Waals surface area contributed by atoms with Crippen LogP contribution in [0.15, 0.2) is 59.5 Å². The second-order valence-electron chi connectivity index (χ2n) is 11.7. The van der Waals surface area contributed by atoms with Crippen LogP contribution in [0.4, 0.5) is 0 Å². The molecule has 2 saturated heterocycles. The summed E-state index contributed by atoms with van der Waals surface area (Å²) in [6, 6.07) is 17.4. The number of methoxy groups -OCH3 is 1. The molecule has 0 N–H and O–H groups in total. The van der Waals surface area contributed by atoms with E-state index in [9.17, 15) is 18.0 Å². The number of hydrogen-bond acceptors (Lipinski definition) is 5. The standard InChI is InChI=1S/C34H41N3O5S/c1-22-23(2)25(4)32(26(5)24(22)3)43(40,41)36-19-17-35(18-20-36)33(38)34(39)37-16-15-30(27-11-8-7-9-12-27)31(37)28-13-10-14-29(21-28)42-6/h7-14,21,30-31H,15-20H2,1-6H3. The third-order valence-electron chi connectivity index (χ3n) is 9.56. The average Bonchev–Trinajstić information content (AvgIpc) is 3.48. The highest BCUT2D eigenvalue weighted by Gasteiger charge is 2.43. The number of carbonyl (C=O) groups is 2. The summed E-state index contributed by atoms with van der Waals surface area (Å²) in [5, 5.41) is 0. The van der Waals surface area contributed by atoms with Crippen LogP contribution in [0.5, 0.6) is 5.75 Å². The lowest BCUT2D eigenvalue weighted by Crippen LogP contribution is -2.54. The second kappa shape index (κ2) is 12.1. The van der Waals surface area contributed by atoms with Gasteiger partial charge in [0, 0.05) is 38.6 Å². The summed E-state index contributed by atoms with van der Waals surface area (Å²) in [4.78, 5) is 31.0. The first-order valence-electron chi connectivity index (χ1n) is 14.8. The molecule has 3 aromatic carbocycles.